The summed E-state index contributed by atoms with van der Waals surface area (Å²) in [6.07, 6.45) is 7.78. The average molecular weight is 495 g/mol. The fourth-order valence-corrected chi connectivity index (χ4v) is 5.83. The Morgan fingerprint density at radius 2 is 1.86 bits per heavy atom. The van der Waals surface area contributed by atoms with Gasteiger partial charge in [-0.05, 0) is 55.0 Å². The molecule has 1 aliphatic carbocycles. The third kappa shape index (κ3) is 4.89. The maximum Gasteiger partial charge on any atom is 0.273 e. The van der Waals surface area contributed by atoms with Crippen LogP contribution in [0.25, 0.3) is 10.6 Å². The number of carbonyl (C=O) groups excluding carboxylic acids is 2. The molecule has 1 N–H and O–H groups in total. The molecule has 3 heterocycles. The first-order valence-electron chi connectivity index (χ1n) is 12.4. The lowest BCUT2D eigenvalue weighted by atomic mass is 9.92. The normalized spacial score (nSPS) is 21.3. The lowest BCUT2D eigenvalue weighted by Crippen LogP contribution is -2.64. The highest BCUT2D eigenvalue weighted by Gasteiger charge is 2.48. The summed E-state index contributed by atoms with van der Waals surface area (Å²) in [4.78, 5) is 30.2. The number of hydrogen-bond acceptors (Lipinski definition) is 4. The van der Waals surface area contributed by atoms with Crippen LogP contribution in [-0.2, 0) is 17.9 Å². The van der Waals surface area contributed by atoms with E-state index in [0.29, 0.717) is 5.69 Å². The minimum atomic E-state index is -1.13. The number of nitrogens with zero attached hydrogens (tertiary/aromatic N) is 3. The Morgan fingerprint density at radius 1 is 1.14 bits per heavy atom. The first-order valence-corrected chi connectivity index (χ1v) is 13.3. The lowest BCUT2D eigenvalue weighted by Gasteiger charge is -2.44. The van der Waals surface area contributed by atoms with Crippen molar-refractivity contribution in [1.29, 1.82) is 0 Å². The molecule has 0 radical (unpaired) electrons. The van der Waals surface area contributed by atoms with Crippen molar-refractivity contribution in [2.45, 2.75) is 76.5 Å². The zero-order valence-corrected chi connectivity index (χ0v) is 20.8. The zero-order chi connectivity index (χ0) is 24.4. The molecule has 0 unspecified atom stereocenters. The second-order valence-corrected chi connectivity index (χ2v) is 10.8. The van der Waals surface area contributed by atoms with Crippen molar-refractivity contribution in [2.75, 3.05) is 0 Å². The Bertz CT molecular complexity index is 1180. The van der Waals surface area contributed by atoms with E-state index < -0.39 is 5.54 Å². The monoisotopic (exact) mass is 494 g/mol. The second-order valence-electron chi connectivity index (χ2n) is 9.86. The molecular formula is C27H31FN4O2S. The zero-order valence-electron chi connectivity index (χ0n) is 20.0. The van der Waals surface area contributed by atoms with E-state index in [4.69, 9.17) is 5.10 Å². The van der Waals surface area contributed by atoms with Gasteiger partial charge in [-0.3, -0.25) is 14.3 Å². The highest BCUT2D eigenvalue weighted by Crippen LogP contribution is 2.33. The SMILES string of the molecule is C[C@]1(C(=O)NC2CCCCCCC2)Cn2nc(-c3cccs3)cc2C(=O)N1Cc1ccc(F)cc1. The van der Waals surface area contributed by atoms with Gasteiger partial charge < -0.3 is 10.2 Å². The smallest absolute Gasteiger partial charge is 0.273 e. The molecule has 1 aromatic carbocycles. The third-order valence-electron chi connectivity index (χ3n) is 7.25. The standard InChI is InChI=1S/C27H31FN4O2S/c1-27(26(34)29-21-8-5-3-2-4-6-9-21)18-32-23(16-22(30-32)24-10-7-15-35-24)25(33)31(27)17-19-11-13-20(28)14-12-19/h7,10-16,21H,2-6,8-9,17-18H2,1H3,(H,29,34)/t27-/m1/s1. The van der Waals surface area contributed by atoms with E-state index in [-0.39, 0.29) is 36.8 Å². The molecule has 6 nitrogen and oxygen atoms in total. The Morgan fingerprint density at radius 3 is 2.54 bits per heavy atom. The number of aromatic nitrogens is 2. The average Bonchev–Trinajstić information content (AvgIpc) is 3.49. The summed E-state index contributed by atoms with van der Waals surface area (Å²) in [5.74, 6) is -0.731. The van der Waals surface area contributed by atoms with Crippen LogP contribution in [0.5, 0.6) is 0 Å². The number of amides is 2. The number of thiophene rings is 1. The van der Waals surface area contributed by atoms with Gasteiger partial charge in [0.05, 0.1) is 11.4 Å². The summed E-state index contributed by atoms with van der Waals surface area (Å²) >= 11 is 1.56. The lowest BCUT2D eigenvalue weighted by molar-refractivity contribution is -0.134. The summed E-state index contributed by atoms with van der Waals surface area (Å²) in [6.45, 7) is 2.30. The quantitative estimate of drug-likeness (QED) is 0.517. The molecule has 0 spiro atoms. The van der Waals surface area contributed by atoms with Crippen molar-refractivity contribution in [3.05, 3.63) is 64.9 Å². The molecule has 8 heteroatoms. The van der Waals surface area contributed by atoms with E-state index in [1.165, 1.54) is 31.4 Å². The fraction of sp³-hybridized carbons (Fsp3) is 0.444. The van der Waals surface area contributed by atoms with E-state index in [1.807, 2.05) is 24.4 Å². The predicted octanol–water partition coefficient (Wildman–Crippen LogP) is 5.39. The first kappa shape index (κ1) is 23.7. The van der Waals surface area contributed by atoms with Crippen molar-refractivity contribution in [2.24, 2.45) is 0 Å². The van der Waals surface area contributed by atoms with Crippen LogP contribution in [-0.4, -0.2) is 38.1 Å². The van der Waals surface area contributed by atoms with E-state index >= 15 is 0 Å². The van der Waals surface area contributed by atoms with E-state index in [2.05, 4.69) is 5.32 Å². The molecule has 1 fully saturated rings. The summed E-state index contributed by atoms with van der Waals surface area (Å²) in [6, 6.07) is 11.9. The van der Waals surface area contributed by atoms with Crippen LogP contribution < -0.4 is 5.32 Å². The highest BCUT2D eigenvalue weighted by molar-refractivity contribution is 7.13. The first-order chi connectivity index (χ1) is 16.9. The maximum absolute atomic E-state index is 13.8. The van der Waals surface area contributed by atoms with Crippen molar-refractivity contribution in [1.82, 2.24) is 20.0 Å². The molecule has 2 aliphatic rings. The fourth-order valence-electron chi connectivity index (χ4n) is 5.15. The van der Waals surface area contributed by atoms with Gasteiger partial charge in [0.1, 0.15) is 22.7 Å². The number of hydrogen-bond donors (Lipinski definition) is 1. The number of fused-ring (bicyclic) bond motifs is 1. The van der Waals surface area contributed by atoms with Crippen LogP contribution in [0.15, 0.2) is 47.8 Å². The van der Waals surface area contributed by atoms with Crippen LogP contribution in [0.3, 0.4) is 0 Å². The number of halogens is 1. The van der Waals surface area contributed by atoms with Crippen LogP contribution in [0.4, 0.5) is 4.39 Å². The molecule has 35 heavy (non-hydrogen) atoms. The van der Waals surface area contributed by atoms with Gasteiger partial charge in [0.15, 0.2) is 0 Å². The third-order valence-corrected chi connectivity index (χ3v) is 8.15. The number of carbonyl (C=O) groups is 2. The van der Waals surface area contributed by atoms with E-state index in [0.717, 1.165) is 41.8 Å². The van der Waals surface area contributed by atoms with Crippen molar-refractivity contribution < 1.29 is 14.0 Å². The molecule has 1 aliphatic heterocycles. The molecule has 1 atom stereocenters. The van der Waals surface area contributed by atoms with Gasteiger partial charge in [-0.25, -0.2) is 4.39 Å². The summed E-state index contributed by atoms with van der Waals surface area (Å²) in [5, 5.41) is 9.95. The van der Waals surface area contributed by atoms with Gasteiger partial charge in [-0.1, -0.05) is 50.3 Å². The van der Waals surface area contributed by atoms with E-state index in [1.54, 1.807) is 39.1 Å². The van der Waals surface area contributed by atoms with Crippen molar-refractivity contribution in [3.63, 3.8) is 0 Å². The highest BCUT2D eigenvalue weighted by atomic mass is 32.1. The van der Waals surface area contributed by atoms with Crippen molar-refractivity contribution in [3.8, 4) is 10.6 Å². The Balaban J connectivity index is 1.47. The Kier molecular flexibility index (Phi) is 6.73. The Hall–Kier alpha value is -3.00. The minimum Gasteiger partial charge on any atom is -0.351 e. The number of rotatable bonds is 5. The van der Waals surface area contributed by atoms with Crippen LogP contribution in [0.2, 0.25) is 0 Å². The largest absolute Gasteiger partial charge is 0.351 e. The summed E-state index contributed by atoms with van der Waals surface area (Å²) < 4.78 is 15.2. The van der Waals surface area contributed by atoms with Crippen molar-refractivity contribution >= 4 is 23.2 Å². The molecular weight excluding hydrogens is 463 g/mol. The van der Waals surface area contributed by atoms with Gasteiger partial charge >= 0.3 is 0 Å². The van der Waals surface area contributed by atoms with Crippen LogP contribution >= 0.6 is 11.3 Å². The van der Waals surface area contributed by atoms with Gasteiger partial charge in [-0.15, -0.1) is 11.3 Å². The molecule has 1 saturated carbocycles. The van der Waals surface area contributed by atoms with Gasteiger partial charge in [0.25, 0.3) is 5.91 Å². The van der Waals surface area contributed by atoms with Crippen LogP contribution in [0, 0.1) is 5.82 Å². The topological polar surface area (TPSA) is 67.2 Å². The maximum atomic E-state index is 13.8. The number of nitrogens with one attached hydrogen (secondary N) is 1. The Labute approximate surface area is 209 Å². The van der Waals surface area contributed by atoms with E-state index in [9.17, 15) is 14.0 Å². The molecule has 0 bridgehead atoms. The molecule has 184 valence electrons. The van der Waals surface area contributed by atoms with Crippen LogP contribution in [0.1, 0.15) is 67.9 Å². The molecule has 3 aromatic rings. The van der Waals surface area contributed by atoms with Gasteiger partial charge in [0, 0.05) is 12.6 Å². The predicted molar refractivity (Wildman–Crippen MR) is 134 cm³/mol. The molecule has 0 saturated heterocycles. The minimum absolute atomic E-state index is 0.114. The van der Waals surface area contributed by atoms with Gasteiger partial charge in [-0.2, -0.15) is 5.10 Å². The molecule has 2 aromatic heterocycles. The molecule has 2 amide bonds. The number of benzene rings is 1. The second kappa shape index (κ2) is 9.93. The molecule has 5 rings (SSSR count). The summed E-state index contributed by atoms with van der Waals surface area (Å²) in [7, 11) is 0. The summed E-state index contributed by atoms with van der Waals surface area (Å²) in [5.41, 5.74) is 0.845. The van der Waals surface area contributed by atoms with Gasteiger partial charge in [0.2, 0.25) is 5.91 Å².